The van der Waals surface area contributed by atoms with Gasteiger partial charge in [0.05, 0.1) is 17.8 Å². The van der Waals surface area contributed by atoms with Crippen molar-refractivity contribution >= 4 is 34.9 Å². The zero-order valence-corrected chi connectivity index (χ0v) is 16.4. The Bertz CT molecular complexity index is 925. The van der Waals surface area contributed by atoms with Crippen LogP contribution in [0.15, 0.2) is 36.7 Å². The van der Waals surface area contributed by atoms with Crippen molar-refractivity contribution in [3.8, 4) is 0 Å². The van der Waals surface area contributed by atoms with E-state index in [-0.39, 0.29) is 24.4 Å². The molecule has 1 aliphatic rings. The molecule has 8 heteroatoms. The van der Waals surface area contributed by atoms with Gasteiger partial charge in [0, 0.05) is 29.9 Å². The van der Waals surface area contributed by atoms with Crippen LogP contribution < -0.4 is 10.6 Å². The van der Waals surface area contributed by atoms with Crippen molar-refractivity contribution in [1.82, 2.24) is 24.9 Å². The number of fused-ring (bicyclic) bond motifs is 1. The summed E-state index contributed by atoms with van der Waals surface area (Å²) in [5.74, 6) is -0.192. The molecule has 4 rings (SSSR count). The summed E-state index contributed by atoms with van der Waals surface area (Å²) in [4.78, 5) is 12.6. The van der Waals surface area contributed by atoms with E-state index in [0.717, 1.165) is 42.5 Å². The summed E-state index contributed by atoms with van der Waals surface area (Å²) in [6.45, 7) is 6.13. The highest BCUT2D eigenvalue weighted by molar-refractivity contribution is 6.03. The quantitative estimate of drug-likeness (QED) is 0.718. The maximum absolute atomic E-state index is 12.6. The normalized spacial score (nSPS) is 17.1. The number of hydrogen-bond acceptors (Lipinski definition) is 4. The fraction of sp³-hybridized carbons (Fsp3) is 0.421. The lowest BCUT2D eigenvalue weighted by molar-refractivity contribution is 0.102. The number of amides is 1. The minimum Gasteiger partial charge on any atom is -0.321 e. The maximum atomic E-state index is 12.6. The molecular formula is C19H25ClN6O. The Kier molecular flexibility index (Phi) is 5.82. The summed E-state index contributed by atoms with van der Waals surface area (Å²) in [6, 6.07) is 8.20. The van der Waals surface area contributed by atoms with Crippen LogP contribution in [0.1, 0.15) is 49.3 Å². The topological polar surface area (TPSA) is 76.8 Å². The van der Waals surface area contributed by atoms with Crippen LogP contribution in [0.25, 0.3) is 10.9 Å². The molecular weight excluding hydrogens is 364 g/mol. The molecule has 1 amide bonds. The van der Waals surface area contributed by atoms with Gasteiger partial charge in [-0.15, -0.1) is 12.4 Å². The summed E-state index contributed by atoms with van der Waals surface area (Å²) in [6.07, 6.45) is 5.96. The fourth-order valence-electron chi connectivity index (χ4n) is 3.44. The number of carbonyl (C=O) groups is 1. The first-order valence-corrected chi connectivity index (χ1v) is 9.16. The molecule has 7 nitrogen and oxygen atoms in total. The number of benzene rings is 1. The molecule has 144 valence electrons. The van der Waals surface area contributed by atoms with Crippen LogP contribution in [0.2, 0.25) is 0 Å². The lowest BCUT2D eigenvalue weighted by atomic mass is 10.1. The number of nitrogens with one attached hydrogen (secondary N) is 2. The minimum absolute atomic E-state index is 0. The minimum atomic E-state index is -0.192. The number of nitrogens with zero attached hydrogens (tertiary/aromatic N) is 4. The zero-order valence-electron chi connectivity index (χ0n) is 15.6. The van der Waals surface area contributed by atoms with Crippen molar-refractivity contribution in [3.05, 3.63) is 42.4 Å². The van der Waals surface area contributed by atoms with Gasteiger partial charge in [0.1, 0.15) is 0 Å². The molecule has 1 unspecified atom stereocenters. The molecule has 2 aromatic heterocycles. The van der Waals surface area contributed by atoms with Crippen LogP contribution in [0, 0.1) is 0 Å². The van der Waals surface area contributed by atoms with E-state index < -0.39 is 0 Å². The average molecular weight is 389 g/mol. The molecule has 1 aromatic carbocycles. The Labute approximate surface area is 164 Å². The lowest BCUT2D eigenvalue weighted by Gasteiger charge is -2.22. The van der Waals surface area contributed by atoms with Crippen LogP contribution in [-0.4, -0.2) is 38.6 Å². The van der Waals surface area contributed by atoms with Crippen molar-refractivity contribution in [1.29, 1.82) is 0 Å². The van der Waals surface area contributed by atoms with E-state index in [1.54, 1.807) is 6.07 Å². The molecule has 0 aliphatic carbocycles. The van der Waals surface area contributed by atoms with Gasteiger partial charge in [0.25, 0.3) is 5.91 Å². The van der Waals surface area contributed by atoms with Crippen molar-refractivity contribution in [2.45, 2.75) is 38.8 Å². The molecule has 3 aromatic rings. The second-order valence-corrected chi connectivity index (χ2v) is 7.09. The maximum Gasteiger partial charge on any atom is 0.276 e. The molecule has 0 radical (unpaired) electrons. The second-order valence-electron chi connectivity index (χ2n) is 7.09. The molecule has 1 aliphatic heterocycles. The second kappa shape index (κ2) is 8.10. The molecule has 1 saturated heterocycles. The zero-order chi connectivity index (χ0) is 18.1. The number of aromatic nitrogens is 4. The van der Waals surface area contributed by atoms with E-state index in [0.29, 0.717) is 11.7 Å². The predicted octanol–water partition coefficient (Wildman–Crippen LogP) is 3.41. The SMILES string of the molecule is CC(C)n1ncc2ccc(NC(=O)c3ccn(C4CCCNC4)n3)cc21.Cl. The van der Waals surface area contributed by atoms with Crippen molar-refractivity contribution in [2.24, 2.45) is 0 Å². The Morgan fingerprint density at radius 3 is 2.93 bits per heavy atom. The molecule has 0 saturated carbocycles. The van der Waals surface area contributed by atoms with E-state index in [2.05, 4.69) is 34.7 Å². The summed E-state index contributed by atoms with van der Waals surface area (Å²) >= 11 is 0. The van der Waals surface area contributed by atoms with Crippen LogP contribution in [-0.2, 0) is 0 Å². The van der Waals surface area contributed by atoms with Gasteiger partial charge < -0.3 is 10.6 Å². The van der Waals surface area contributed by atoms with Gasteiger partial charge in [-0.25, -0.2) is 0 Å². The molecule has 0 spiro atoms. The molecule has 1 fully saturated rings. The van der Waals surface area contributed by atoms with E-state index >= 15 is 0 Å². The average Bonchev–Trinajstić information content (AvgIpc) is 3.29. The summed E-state index contributed by atoms with van der Waals surface area (Å²) in [7, 11) is 0. The standard InChI is InChI=1S/C19H24N6O.ClH/c1-13(2)25-18-10-15(6-5-14(18)11-21-25)22-19(26)17-7-9-24(23-17)16-4-3-8-20-12-16;/h5-7,9-11,13,16,20H,3-4,8,12H2,1-2H3,(H,22,26);1H. The van der Waals surface area contributed by atoms with Crippen molar-refractivity contribution in [2.75, 3.05) is 18.4 Å². The molecule has 0 bridgehead atoms. The van der Waals surface area contributed by atoms with Gasteiger partial charge in [-0.1, -0.05) is 0 Å². The third kappa shape index (κ3) is 3.99. The monoisotopic (exact) mass is 388 g/mol. The molecule has 27 heavy (non-hydrogen) atoms. The van der Waals surface area contributed by atoms with Crippen molar-refractivity contribution < 1.29 is 4.79 Å². The van der Waals surface area contributed by atoms with Gasteiger partial charge in [-0.3, -0.25) is 14.2 Å². The number of piperidine rings is 1. The van der Waals surface area contributed by atoms with Crippen LogP contribution in [0.3, 0.4) is 0 Å². The van der Waals surface area contributed by atoms with Crippen LogP contribution in [0.4, 0.5) is 5.69 Å². The Hall–Kier alpha value is -2.38. The number of halogens is 1. The van der Waals surface area contributed by atoms with Gasteiger partial charge in [-0.05, 0) is 57.5 Å². The van der Waals surface area contributed by atoms with Gasteiger partial charge >= 0.3 is 0 Å². The Balaban J connectivity index is 0.00000210. The molecule has 1 atom stereocenters. The van der Waals surface area contributed by atoms with E-state index in [4.69, 9.17) is 0 Å². The highest BCUT2D eigenvalue weighted by Crippen LogP contribution is 2.22. The lowest BCUT2D eigenvalue weighted by Crippen LogP contribution is -2.32. The first-order valence-electron chi connectivity index (χ1n) is 9.16. The third-order valence-corrected chi connectivity index (χ3v) is 4.83. The van der Waals surface area contributed by atoms with Gasteiger partial charge in [0.15, 0.2) is 5.69 Å². The first-order chi connectivity index (χ1) is 12.6. The van der Waals surface area contributed by atoms with E-state index in [9.17, 15) is 4.79 Å². The number of anilines is 1. The van der Waals surface area contributed by atoms with Gasteiger partial charge in [0.2, 0.25) is 0 Å². The Morgan fingerprint density at radius 1 is 1.33 bits per heavy atom. The summed E-state index contributed by atoms with van der Waals surface area (Å²) < 4.78 is 3.86. The van der Waals surface area contributed by atoms with Crippen molar-refractivity contribution in [3.63, 3.8) is 0 Å². The first kappa shape index (κ1) is 19.4. The third-order valence-electron chi connectivity index (χ3n) is 4.83. The van der Waals surface area contributed by atoms with Crippen LogP contribution in [0.5, 0.6) is 0 Å². The highest BCUT2D eigenvalue weighted by atomic mass is 35.5. The summed E-state index contributed by atoms with van der Waals surface area (Å²) in [5.41, 5.74) is 2.20. The number of rotatable bonds is 4. The fourth-order valence-corrected chi connectivity index (χ4v) is 3.44. The van der Waals surface area contributed by atoms with E-state index in [1.807, 2.05) is 40.0 Å². The molecule has 2 N–H and O–H groups in total. The number of hydrogen-bond donors (Lipinski definition) is 2. The van der Waals surface area contributed by atoms with Gasteiger partial charge in [-0.2, -0.15) is 10.2 Å². The highest BCUT2D eigenvalue weighted by Gasteiger charge is 2.18. The number of carbonyl (C=O) groups excluding carboxylic acids is 1. The van der Waals surface area contributed by atoms with Crippen LogP contribution >= 0.6 is 12.4 Å². The van der Waals surface area contributed by atoms with E-state index in [1.165, 1.54) is 0 Å². The smallest absolute Gasteiger partial charge is 0.276 e. The Morgan fingerprint density at radius 2 is 2.19 bits per heavy atom. The predicted molar refractivity (Wildman–Crippen MR) is 109 cm³/mol. The summed E-state index contributed by atoms with van der Waals surface area (Å²) in [5, 5.41) is 16.3. The largest absolute Gasteiger partial charge is 0.321 e. The molecule has 3 heterocycles.